The Balaban J connectivity index is 1.72. The van der Waals surface area contributed by atoms with Crippen LogP contribution in [0, 0.1) is 11.3 Å². The van der Waals surface area contributed by atoms with E-state index >= 15 is 0 Å². The molecule has 1 aliphatic heterocycles. The smallest absolute Gasteiger partial charge is 0.151 e. The molecule has 0 aromatic carbocycles. The van der Waals surface area contributed by atoms with Gasteiger partial charge in [-0.2, -0.15) is 5.26 Å². The molecule has 2 aromatic rings. The summed E-state index contributed by atoms with van der Waals surface area (Å²) in [6.07, 6.45) is 4.33. The fourth-order valence-corrected chi connectivity index (χ4v) is 3.18. The molecule has 0 atom stereocenters. The van der Waals surface area contributed by atoms with Crippen molar-refractivity contribution in [1.29, 1.82) is 5.26 Å². The van der Waals surface area contributed by atoms with Crippen LogP contribution in [-0.2, 0) is 6.54 Å². The summed E-state index contributed by atoms with van der Waals surface area (Å²) in [4.78, 5) is 8.76. The highest BCUT2D eigenvalue weighted by molar-refractivity contribution is 7.12. The summed E-state index contributed by atoms with van der Waals surface area (Å²) >= 11 is 1.53. The van der Waals surface area contributed by atoms with Gasteiger partial charge in [0.1, 0.15) is 10.9 Å². The molecule has 0 saturated carbocycles. The van der Waals surface area contributed by atoms with Gasteiger partial charge in [-0.05, 0) is 37.1 Å². The van der Waals surface area contributed by atoms with Crippen LogP contribution in [-0.4, -0.2) is 18.1 Å². The third-order valence-corrected chi connectivity index (χ3v) is 4.41. The van der Waals surface area contributed by atoms with Gasteiger partial charge in [-0.15, -0.1) is 11.3 Å². The Morgan fingerprint density at radius 2 is 2.15 bits per heavy atom. The number of hydrogen-bond donors (Lipinski definition) is 1. The number of thiophene rings is 1. The summed E-state index contributed by atoms with van der Waals surface area (Å²) in [5, 5.41) is 12.3. The van der Waals surface area contributed by atoms with Gasteiger partial charge in [-0.1, -0.05) is 0 Å². The lowest BCUT2D eigenvalue weighted by Gasteiger charge is -2.20. The van der Waals surface area contributed by atoms with Crippen LogP contribution in [0.2, 0.25) is 0 Å². The molecular formula is C15H16N4S. The van der Waals surface area contributed by atoms with E-state index in [0.29, 0.717) is 0 Å². The normalized spacial score (nSPS) is 14.2. The van der Waals surface area contributed by atoms with E-state index in [2.05, 4.69) is 27.3 Å². The van der Waals surface area contributed by atoms with Crippen molar-refractivity contribution in [2.45, 2.75) is 19.4 Å². The quantitative estimate of drug-likeness (QED) is 0.936. The predicted octanol–water partition coefficient (Wildman–Crippen LogP) is 3.23. The highest BCUT2D eigenvalue weighted by atomic mass is 32.1. The SMILES string of the molecule is N#Cc1ccc(CNc2cccnc2N2CCCC2)s1. The Hall–Kier alpha value is -2.06. The molecule has 0 unspecified atom stereocenters. The van der Waals surface area contributed by atoms with E-state index in [1.807, 2.05) is 24.4 Å². The second-order valence-electron chi connectivity index (χ2n) is 4.80. The van der Waals surface area contributed by atoms with E-state index in [-0.39, 0.29) is 0 Å². The van der Waals surface area contributed by atoms with Crippen molar-refractivity contribution in [3.63, 3.8) is 0 Å². The van der Waals surface area contributed by atoms with Crippen molar-refractivity contribution >= 4 is 22.8 Å². The van der Waals surface area contributed by atoms with Gasteiger partial charge < -0.3 is 10.2 Å². The number of nitriles is 1. The fraction of sp³-hybridized carbons (Fsp3) is 0.333. The van der Waals surface area contributed by atoms with Gasteiger partial charge in [0.2, 0.25) is 0 Å². The zero-order valence-electron chi connectivity index (χ0n) is 11.2. The number of pyridine rings is 1. The zero-order valence-corrected chi connectivity index (χ0v) is 12.0. The molecule has 102 valence electrons. The number of rotatable bonds is 4. The van der Waals surface area contributed by atoms with E-state index in [1.54, 1.807) is 0 Å². The first kappa shape index (κ1) is 12.9. The van der Waals surface area contributed by atoms with Crippen LogP contribution in [0.25, 0.3) is 0 Å². The Morgan fingerprint density at radius 3 is 2.90 bits per heavy atom. The van der Waals surface area contributed by atoms with Gasteiger partial charge >= 0.3 is 0 Å². The average Bonchev–Trinajstić information content (AvgIpc) is 3.17. The minimum Gasteiger partial charge on any atom is -0.377 e. The Morgan fingerprint density at radius 1 is 1.30 bits per heavy atom. The van der Waals surface area contributed by atoms with E-state index in [0.717, 1.165) is 40.9 Å². The largest absolute Gasteiger partial charge is 0.377 e. The number of nitrogens with one attached hydrogen (secondary N) is 1. The first-order valence-electron chi connectivity index (χ1n) is 6.79. The lowest BCUT2D eigenvalue weighted by atomic mass is 10.3. The van der Waals surface area contributed by atoms with E-state index in [9.17, 15) is 0 Å². The van der Waals surface area contributed by atoms with Gasteiger partial charge in [0.05, 0.1) is 5.69 Å². The van der Waals surface area contributed by atoms with E-state index in [4.69, 9.17) is 5.26 Å². The molecule has 3 heterocycles. The molecule has 5 heteroatoms. The Labute approximate surface area is 122 Å². The second-order valence-corrected chi connectivity index (χ2v) is 5.97. The summed E-state index contributed by atoms with van der Waals surface area (Å²) in [6.45, 7) is 2.91. The predicted molar refractivity (Wildman–Crippen MR) is 82.0 cm³/mol. The average molecular weight is 284 g/mol. The summed E-state index contributed by atoms with van der Waals surface area (Å²) in [7, 11) is 0. The highest BCUT2D eigenvalue weighted by Gasteiger charge is 2.16. The molecule has 0 aliphatic carbocycles. The summed E-state index contributed by atoms with van der Waals surface area (Å²) in [6, 6.07) is 10.1. The molecule has 1 saturated heterocycles. The highest BCUT2D eigenvalue weighted by Crippen LogP contribution is 2.27. The van der Waals surface area contributed by atoms with Crippen molar-refractivity contribution < 1.29 is 0 Å². The molecule has 20 heavy (non-hydrogen) atoms. The second kappa shape index (κ2) is 5.93. The third-order valence-electron chi connectivity index (χ3n) is 3.42. The molecule has 0 radical (unpaired) electrons. The minimum absolute atomic E-state index is 0.735. The first-order chi connectivity index (χ1) is 9.86. The van der Waals surface area contributed by atoms with Crippen LogP contribution in [0.1, 0.15) is 22.6 Å². The third kappa shape index (κ3) is 2.75. The topological polar surface area (TPSA) is 52.0 Å². The maximum absolute atomic E-state index is 8.85. The van der Waals surface area contributed by atoms with Crippen molar-refractivity contribution in [2.75, 3.05) is 23.3 Å². The van der Waals surface area contributed by atoms with Gasteiger partial charge in [-0.25, -0.2) is 4.98 Å². The molecule has 0 spiro atoms. The molecule has 3 rings (SSSR count). The van der Waals surface area contributed by atoms with Crippen LogP contribution >= 0.6 is 11.3 Å². The zero-order chi connectivity index (χ0) is 13.8. The molecule has 0 amide bonds. The van der Waals surface area contributed by atoms with Crippen LogP contribution in [0.3, 0.4) is 0 Å². The molecule has 2 aromatic heterocycles. The van der Waals surface area contributed by atoms with E-state index < -0.39 is 0 Å². The summed E-state index contributed by atoms with van der Waals surface area (Å²) < 4.78 is 0. The standard InChI is InChI=1S/C15H16N4S/c16-10-12-5-6-13(20-12)11-18-14-4-3-7-17-15(14)19-8-1-2-9-19/h3-7,18H,1-2,8-9,11H2. The van der Waals surface area contributed by atoms with Gasteiger partial charge in [0.15, 0.2) is 5.82 Å². The number of aromatic nitrogens is 1. The molecule has 1 aliphatic rings. The molecule has 1 N–H and O–H groups in total. The van der Waals surface area contributed by atoms with Crippen molar-refractivity contribution in [2.24, 2.45) is 0 Å². The minimum atomic E-state index is 0.735. The summed E-state index contributed by atoms with van der Waals surface area (Å²) in [5.74, 6) is 1.04. The maximum Gasteiger partial charge on any atom is 0.151 e. The van der Waals surface area contributed by atoms with Crippen LogP contribution in [0.5, 0.6) is 0 Å². The fourth-order valence-electron chi connectivity index (χ4n) is 2.43. The van der Waals surface area contributed by atoms with Crippen LogP contribution < -0.4 is 10.2 Å². The van der Waals surface area contributed by atoms with Crippen LogP contribution in [0.4, 0.5) is 11.5 Å². The molecular weight excluding hydrogens is 268 g/mol. The molecule has 4 nitrogen and oxygen atoms in total. The number of nitrogens with zero attached hydrogens (tertiary/aromatic N) is 3. The monoisotopic (exact) mass is 284 g/mol. The van der Waals surface area contributed by atoms with Gasteiger partial charge in [0, 0.05) is 30.7 Å². The van der Waals surface area contributed by atoms with Crippen molar-refractivity contribution in [3.05, 3.63) is 40.2 Å². The Bertz CT molecular complexity index is 623. The van der Waals surface area contributed by atoms with Gasteiger partial charge in [-0.3, -0.25) is 0 Å². The Kier molecular flexibility index (Phi) is 3.84. The van der Waals surface area contributed by atoms with Crippen molar-refractivity contribution in [3.8, 4) is 6.07 Å². The maximum atomic E-state index is 8.85. The van der Waals surface area contributed by atoms with Crippen molar-refractivity contribution in [1.82, 2.24) is 4.98 Å². The number of anilines is 2. The van der Waals surface area contributed by atoms with Crippen LogP contribution in [0.15, 0.2) is 30.5 Å². The van der Waals surface area contributed by atoms with E-state index in [1.165, 1.54) is 24.2 Å². The first-order valence-corrected chi connectivity index (χ1v) is 7.61. The molecule has 0 bridgehead atoms. The number of hydrogen-bond acceptors (Lipinski definition) is 5. The lowest BCUT2D eigenvalue weighted by Crippen LogP contribution is -2.20. The lowest BCUT2D eigenvalue weighted by molar-refractivity contribution is 0.935. The molecule has 1 fully saturated rings. The van der Waals surface area contributed by atoms with Gasteiger partial charge in [0.25, 0.3) is 0 Å². The summed E-state index contributed by atoms with van der Waals surface area (Å²) in [5.41, 5.74) is 1.07.